The second-order valence-corrected chi connectivity index (χ2v) is 6.19. The van der Waals surface area contributed by atoms with E-state index in [1.807, 2.05) is 37.3 Å². The highest BCUT2D eigenvalue weighted by Gasteiger charge is 2.20. The number of hydrogen-bond acceptors (Lipinski definition) is 4. The minimum atomic E-state index is -0.741. The third-order valence-electron chi connectivity index (χ3n) is 3.81. The van der Waals surface area contributed by atoms with Crippen LogP contribution < -0.4 is 4.74 Å². The van der Waals surface area contributed by atoms with E-state index in [0.717, 1.165) is 16.5 Å². The molecule has 0 aliphatic rings. The molecule has 0 radical (unpaired) electrons. The van der Waals surface area contributed by atoms with E-state index in [1.54, 1.807) is 37.4 Å². The van der Waals surface area contributed by atoms with E-state index in [1.165, 1.54) is 0 Å². The molecule has 3 rings (SSSR count). The van der Waals surface area contributed by atoms with E-state index in [-0.39, 0.29) is 0 Å². The second kappa shape index (κ2) is 7.53. The van der Waals surface area contributed by atoms with Crippen LogP contribution in [0.25, 0.3) is 10.9 Å². The highest BCUT2D eigenvalue weighted by Crippen LogP contribution is 2.22. The Kier molecular flexibility index (Phi) is 5.19. The SMILES string of the molecule is CC(Oc1cccc(Cl)c1)C(=O)OC(C)c1cnc2ccccc2c1. The second-order valence-electron chi connectivity index (χ2n) is 5.76. The van der Waals surface area contributed by atoms with Gasteiger partial charge in [0.1, 0.15) is 11.9 Å². The average molecular weight is 356 g/mol. The maximum absolute atomic E-state index is 12.3. The lowest BCUT2D eigenvalue weighted by Gasteiger charge is -2.18. The van der Waals surface area contributed by atoms with Crippen molar-refractivity contribution >= 4 is 28.5 Å². The molecule has 25 heavy (non-hydrogen) atoms. The molecule has 0 aliphatic carbocycles. The molecule has 3 aromatic rings. The van der Waals surface area contributed by atoms with Gasteiger partial charge < -0.3 is 9.47 Å². The van der Waals surface area contributed by atoms with Crippen LogP contribution in [0.15, 0.2) is 60.8 Å². The first-order valence-electron chi connectivity index (χ1n) is 8.00. The van der Waals surface area contributed by atoms with Crippen LogP contribution in [0, 0.1) is 0 Å². The van der Waals surface area contributed by atoms with Crippen molar-refractivity contribution in [3.05, 3.63) is 71.4 Å². The van der Waals surface area contributed by atoms with Gasteiger partial charge in [0.05, 0.1) is 5.52 Å². The normalized spacial score (nSPS) is 13.2. The summed E-state index contributed by atoms with van der Waals surface area (Å²) in [5.74, 6) is 0.0811. The molecule has 2 aromatic carbocycles. The molecule has 0 bridgehead atoms. The van der Waals surface area contributed by atoms with E-state index in [4.69, 9.17) is 21.1 Å². The number of hydrogen-bond donors (Lipinski definition) is 0. The molecule has 5 heteroatoms. The highest BCUT2D eigenvalue weighted by molar-refractivity contribution is 6.30. The third kappa shape index (κ3) is 4.28. The number of rotatable bonds is 5. The van der Waals surface area contributed by atoms with E-state index in [2.05, 4.69) is 4.98 Å². The highest BCUT2D eigenvalue weighted by atomic mass is 35.5. The molecule has 1 aromatic heterocycles. The Bertz CT molecular complexity index is 897. The van der Waals surface area contributed by atoms with E-state index < -0.39 is 18.2 Å². The van der Waals surface area contributed by atoms with Gasteiger partial charge >= 0.3 is 5.97 Å². The Morgan fingerprint density at radius 2 is 1.88 bits per heavy atom. The van der Waals surface area contributed by atoms with Crippen LogP contribution in [0.1, 0.15) is 25.5 Å². The number of benzene rings is 2. The van der Waals surface area contributed by atoms with Gasteiger partial charge in [-0.2, -0.15) is 0 Å². The summed E-state index contributed by atoms with van der Waals surface area (Å²) in [4.78, 5) is 16.7. The Balaban J connectivity index is 1.66. The fourth-order valence-electron chi connectivity index (χ4n) is 2.44. The molecule has 4 nitrogen and oxygen atoms in total. The summed E-state index contributed by atoms with van der Waals surface area (Å²) in [6, 6.07) is 16.7. The van der Waals surface area contributed by atoms with Gasteiger partial charge in [0.2, 0.25) is 0 Å². The molecular weight excluding hydrogens is 338 g/mol. The lowest BCUT2D eigenvalue weighted by molar-refractivity contribution is -0.156. The zero-order chi connectivity index (χ0) is 17.8. The fourth-order valence-corrected chi connectivity index (χ4v) is 2.62. The van der Waals surface area contributed by atoms with Gasteiger partial charge in [0.25, 0.3) is 0 Å². The molecule has 1 heterocycles. The molecule has 2 atom stereocenters. The van der Waals surface area contributed by atoms with Gasteiger partial charge in [0, 0.05) is 22.2 Å². The number of halogens is 1. The summed E-state index contributed by atoms with van der Waals surface area (Å²) in [7, 11) is 0. The third-order valence-corrected chi connectivity index (χ3v) is 4.05. The summed E-state index contributed by atoms with van der Waals surface area (Å²) >= 11 is 5.92. The van der Waals surface area contributed by atoms with E-state index >= 15 is 0 Å². The molecule has 0 N–H and O–H groups in total. The molecule has 0 saturated heterocycles. The van der Waals surface area contributed by atoms with Crippen molar-refractivity contribution in [2.75, 3.05) is 0 Å². The monoisotopic (exact) mass is 355 g/mol. The minimum Gasteiger partial charge on any atom is -0.479 e. The molecule has 0 saturated carbocycles. The number of carbonyl (C=O) groups excluding carboxylic acids is 1. The average Bonchev–Trinajstić information content (AvgIpc) is 2.61. The maximum atomic E-state index is 12.3. The number of aromatic nitrogens is 1. The number of esters is 1. The zero-order valence-corrected chi connectivity index (χ0v) is 14.7. The predicted molar refractivity (Wildman–Crippen MR) is 97.8 cm³/mol. The van der Waals surface area contributed by atoms with Crippen LogP contribution >= 0.6 is 11.6 Å². The molecule has 0 amide bonds. The van der Waals surface area contributed by atoms with Crippen molar-refractivity contribution in [3.8, 4) is 5.75 Å². The first-order chi connectivity index (χ1) is 12.0. The molecule has 0 spiro atoms. The standard InChI is InChI=1S/C20H18ClNO3/c1-13(16-10-15-6-3-4-9-19(15)22-12-16)25-20(23)14(2)24-18-8-5-7-17(21)11-18/h3-14H,1-2H3. The zero-order valence-electron chi connectivity index (χ0n) is 14.0. The molecular formula is C20H18ClNO3. The maximum Gasteiger partial charge on any atom is 0.347 e. The van der Waals surface area contributed by atoms with Crippen LogP contribution in [0.4, 0.5) is 0 Å². The van der Waals surface area contributed by atoms with Crippen LogP contribution in [0.5, 0.6) is 5.75 Å². The Morgan fingerprint density at radius 1 is 1.08 bits per heavy atom. The van der Waals surface area contributed by atoms with Gasteiger partial charge in [0.15, 0.2) is 6.10 Å². The van der Waals surface area contributed by atoms with Gasteiger partial charge in [-0.05, 0) is 44.2 Å². The number of ether oxygens (including phenoxy) is 2. The van der Waals surface area contributed by atoms with Crippen molar-refractivity contribution in [2.45, 2.75) is 26.1 Å². The summed E-state index contributed by atoms with van der Waals surface area (Å²) in [5, 5.41) is 1.56. The van der Waals surface area contributed by atoms with Crippen molar-refractivity contribution in [3.63, 3.8) is 0 Å². The number of pyridine rings is 1. The summed E-state index contributed by atoms with van der Waals surface area (Å²) < 4.78 is 11.1. The van der Waals surface area contributed by atoms with Crippen molar-refractivity contribution in [1.29, 1.82) is 0 Å². The topological polar surface area (TPSA) is 48.4 Å². The summed E-state index contributed by atoms with van der Waals surface area (Å²) in [6.45, 7) is 3.46. The van der Waals surface area contributed by atoms with Gasteiger partial charge in [-0.15, -0.1) is 0 Å². The van der Waals surface area contributed by atoms with Gasteiger partial charge in [-0.25, -0.2) is 4.79 Å². The summed E-state index contributed by atoms with van der Waals surface area (Å²) in [5.41, 5.74) is 1.74. The van der Waals surface area contributed by atoms with Crippen LogP contribution in [0.3, 0.4) is 0 Å². The Morgan fingerprint density at radius 3 is 2.68 bits per heavy atom. The molecule has 0 fully saturated rings. The van der Waals surface area contributed by atoms with E-state index in [0.29, 0.717) is 10.8 Å². The Hall–Kier alpha value is -2.59. The smallest absolute Gasteiger partial charge is 0.347 e. The predicted octanol–water partition coefficient (Wildman–Crippen LogP) is 4.96. The van der Waals surface area contributed by atoms with Crippen molar-refractivity contribution < 1.29 is 14.3 Å². The number of nitrogens with zero attached hydrogens (tertiary/aromatic N) is 1. The van der Waals surface area contributed by atoms with Crippen LogP contribution in [-0.2, 0) is 9.53 Å². The summed E-state index contributed by atoms with van der Waals surface area (Å²) in [6.07, 6.45) is 0.562. The molecule has 128 valence electrons. The first kappa shape index (κ1) is 17.2. The van der Waals surface area contributed by atoms with Crippen molar-refractivity contribution in [1.82, 2.24) is 4.98 Å². The minimum absolute atomic E-state index is 0.421. The van der Waals surface area contributed by atoms with E-state index in [9.17, 15) is 4.79 Å². The molecule has 0 aliphatic heterocycles. The first-order valence-corrected chi connectivity index (χ1v) is 8.38. The molecule has 2 unspecified atom stereocenters. The number of fused-ring (bicyclic) bond motifs is 1. The van der Waals surface area contributed by atoms with Crippen LogP contribution in [-0.4, -0.2) is 17.1 Å². The van der Waals surface area contributed by atoms with Crippen molar-refractivity contribution in [2.24, 2.45) is 0 Å². The van der Waals surface area contributed by atoms with Gasteiger partial charge in [-0.1, -0.05) is 35.9 Å². The largest absolute Gasteiger partial charge is 0.479 e. The Labute approximate surface area is 151 Å². The van der Waals surface area contributed by atoms with Crippen LogP contribution in [0.2, 0.25) is 5.02 Å². The van der Waals surface area contributed by atoms with Gasteiger partial charge in [-0.3, -0.25) is 4.98 Å². The quantitative estimate of drug-likeness (QED) is 0.607. The fraction of sp³-hybridized carbons (Fsp3) is 0.200. The number of carbonyl (C=O) groups is 1. The number of para-hydroxylation sites is 1. The lowest BCUT2D eigenvalue weighted by atomic mass is 10.1. The lowest BCUT2D eigenvalue weighted by Crippen LogP contribution is -2.27.